The van der Waals surface area contributed by atoms with Crippen LogP contribution in [0.15, 0.2) is 0 Å². The molecule has 3 aliphatic rings. The van der Waals surface area contributed by atoms with E-state index >= 15 is 0 Å². The molecular formula is C13H22N2O4S. The molecule has 2 aliphatic heterocycles. The predicted molar refractivity (Wildman–Crippen MR) is 74.2 cm³/mol. The molecular weight excluding hydrogens is 280 g/mol. The lowest BCUT2D eigenvalue weighted by Crippen LogP contribution is -2.48. The van der Waals surface area contributed by atoms with Crippen LogP contribution >= 0.6 is 0 Å². The molecule has 2 unspecified atom stereocenters. The van der Waals surface area contributed by atoms with Crippen LogP contribution in [-0.4, -0.2) is 62.7 Å². The lowest BCUT2D eigenvalue weighted by atomic mass is 10.1. The molecule has 2 atom stereocenters. The highest BCUT2D eigenvalue weighted by Gasteiger charge is 2.37. The molecule has 0 aromatic heterocycles. The van der Waals surface area contributed by atoms with E-state index in [1.807, 2.05) is 4.90 Å². The maximum absolute atomic E-state index is 12.4. The summed E-state index contributed by atoms with van der Waals surface area (Å²) in [5.41, 5.74) is 0. The van der Waals surface area contributed by atoms with E-state index in [1.165, 1.54) is 0 Å². The molecule has 2 heterocycles. The van der Waals surface area contributed by atoms with Crippen molar-refractivity contribution < 1.29 is 17.9 Å². The highest BCUT2D eigenvalue weighted by Crippen LogP contribution is 2.29. The predicted octanol–water partition coefficient (Wildman–Crippen LogP) is 0.384. The second kappa shape index (κ2) is 5.52. The van der Waals surface area contributed by atoms with E-state index in [-0.39, 0.29) is 23.6 Å². The Kier molecular flexibility index (Phi) is 3.90. The Labute approximate surface area is 119 Å². The smallest absolute Gasteiger partial charge is 0.317 e. The number of hydrogen-bond acceptors (Lipinski definition) is 4. The molecule has 1 aliphatic carbocycles. The van der Waals surface area contributed by atoms with Gasteiger partial charge in [0.25, 0.3) is 0 Å². The quantitative estimate of drug-likeness (QED) is 0.815. The Morgan fingerprint density at radius 3 is 2.60 bits per heavy atom. The zero-order valence-electron chi connectivity index (χ0n) is 11.6. The first kappa shape index (κ1) is 14.1. The van der Waals surface area contributed by atoms with Crippen molar-refractivity contribution in [1.29, 1.82) is 0 Å². The molecule has 3 rings (SSSR count). The van der Waals surface area contributed by atoms with Gasteiger partial charge in [-0.25, -0.2) is 13.2 Å². The molecule has 2 saturated heterocycles. The summed E-state index contributed by atoms with van der Waals surface area (Å²) in [4.78, 5) is 14.3. The standard InChI is InChI=1S/C13H22N2O4S/c16-13(14-11-4-6-20(17,18)9-11)15(12-1-2-12)7-10-3-5-19-8-10/h10-12H,1-9H2,(H,14,16). The van der Waals surface area contributed by atoms with Crippen LogP contribution < -0.4 is 5.32 Å². The summed E-state index contributed by atoms with van der Waals surface area (Å²) in [7, 11) is -2.95. The normalized spacial score (nSPS) is 32.2. The van der Waals surface area contributed by atoms with Crippen molar-refractivity contribution in [2.45, 2.75) is 37.8 Å². The van der Waals surface area contributed by atoms with Crippen LogP contribution in [0, 0.1) is 5.92 Å². The number of urea groups is 1. The van der Waals surface area contributed by atoms with Crippen molar-refractivity contribution >= 4 is 15.9 Å². The van der Waals surface area contributed by atoms with Gasteiger partial charge in [0.05, 0.1) is 18.1 Å². The van der Waals surface area contributed by atoms with Crippen molar-refractivity contribution in [2.24, 2.45) is 5.92 Å². The summed E-state index contributed by atoms with van der Waals surface area (Å²) in [6, 6.07) is 0.0312. The second-order valence-corrected chi connectivity index (χ2v) is 8.39. The van der Waals surface area contributed by atoms with Gasteiger partial charge in [0.15, 0.2) is 9.84 Å². The fourth-order valence-corrected chi connectivity index (χ4v) is 4.63. The molecule has 0 aromatic carbocycles. The van der Waals surface area contributed by atoms with Crippen molar-refractivity contribution in [3.05, 3.63) is 0 Å². The Bertz CT molecular complexity index is 469. The van der Waals surface area contributed by atoms with Crippen LogP contribution in [0.5, 0.6) is 0 Å². The third kappa shape index (κ3) is 3.44. The molecule has 20 heavy (non-hydrogen) atoms. The van der Waals surface area contributed by atoms with Crippen LogP contribution in [0.4, 0.5) is 4.79 Å². The topological polar surface area (TPSA) is 75.7 Å². The average molecular weight is 302 g/mol. The van der Waals surface area contributed by atoms with Crippen LogP contribution in [0.25, 0.3) is 0 Å². The molecule has 7 heteroatoms. The third-order valence-electron chi connectivity index (χ3n) is 4.29. The minimum Gasteiger partial charge on any atom is -0.381 e. The fraction of sp³-hybridized carbons (Fsp3) is 0.923. The Hall–Kier alpha value is -0.820. The van der Waals surface area contributed by atoms with Gasteiger partial charge in [-0.1, -0.05) is 0 Å². The highest BCUT2D eigenvalue weighted by molar-refractivity contribution is 7.91. The third-order valence-corrected chi connectivity index (χ3v) is 6.06. The maximum Gasteiger partial charge on any atom is 0.317 e. The summed E-state index contributed by atoms with van der Waals surface area (Å²) in [5.74, 6) is 0.704. The average Bonchev–Trinajstić information content (AvgIpc) is 2.98. The summed E-state index contributed by atoms with van der Waals surface area (Å²) >= 11 is 0. The largest absolute Gasteiger partial charge is 0.381 e. The molecule has 114 valence electrons. The maximum atomic E-state index is 12.4. The van der Waals surface area contributed by atoms with Gasteiger partial charge in [0.2, 0.25) is 0 Å². The lowest BCUT2D eigenvalue weighted by Gasteiger charge is -2.26. The van der Waals surface area contributed by atoms with E-state index in [0.717, 1.165) is 39.0 Å². The first-order valence-electron chi connectivity index (χ1n) is 7.39. The minimum absolute atomic E-state index is 0.0871. The van der Waals surface area contributed by atoms with Gasteiger partial charge in [-0.15, -0.1) is 0 Å². The summed E-state index contributed by atoms with van der Waals surface area (Å²) in [6.07, 6.45) is 3.67. The van der Waals surface area contributed by atoms with Crippen LogP contribution in [0.3, 0.4) is 0 Å². The van der Waals surface area contributed by atoms with Crippen LogP contribution in [-0.2, 0) is 14.6 Å². The minimum atomic E-state index is -2.95. The summed E-state index contributed by atoms with van der Waals surface area (Å²) < 4.78 is 28.2. The number of sulfone groups is 1. The zero-order chi connectivity index (χ0) is 14.2. The van der Waals surface area contributed by atoms with Crippen molar-refractivity contribution in [3.8, 4) is 0 Å². The molecule has 0 aromatic rings. The van der Waals surface area contributed by atoms with Crippen molar-refractivity contribution in [3.63, 3.8) is 0 Å². The van der Waals surface area contributed by atoms with Gasteiger partial charge in [-0.3, -0.25) is 0 Å². The Balaban J connectivity index is 1.55. The van der Waals surface area contributed by atoms with Gasteiger partial charge in [-0.2, -0.15) is 0 Å². The summed E-state index contributed by atoms with van der Waals surface area (Å²) in [5, 5.41) is 2.90. The van der Waals surface area contributed by atoms with Crippen LogP contribution in [0.2, 0.25) is 0 Å². The number of nitrogens with one attached hydrogen (secondary N) is 1. The number of rotatable bonds is 4. The van der Waals surface area contributed by atoms with E-state index in [4.69, 9.17) is 4.74 Å². The summed E-state index contributed by atoms with van der Waals surface area (Å²) in [6.45, 7) is 2.25. The number of nitrogens with zero attached hydrogens (tertiary/aromatic N) is 1. The fourth-order valence-electron chi connectivity index (χ4n) is 2.96. The van der Waals surface area contributed by atoms with Gasteiger partial charge in [-0.05, 0) is 25.7 Å². The molecule has 0 bridgehead atoms. The molecule has 1 N–H and O–H groups in total. The second-order valence-electron chi connectivity index (χ2n) is 6.16. The molecule has 0 radical (unpaired) electrons. The monoisotopic (exact) mass is 302 g/mol. The van der Waals surface area contributed by atoms with E-state index in [2.05, 4.69) is 5.32 Å². The Morgan fingerprint density at radius 2 is 2.05 bits per heavy atom. The number of carbonyl (C=O) groups is 1. The molecule has 0 spiro atoms. The highest BCUT2D eigenvalue weighted by atomic mass is 32.2. The number of hydrogen-bond donors (Lipinski definition) is 1. The van der Waals surface area contributed by atoms with Gasteiger partial charge in [0, 0.05) is 31.2 Å². The van der Waals surface area contributed by atoms with E-state index in [9.17, 15) is 13.2 Å². The van der Waals surface area contributed by atoms with E-state index in [0.29, 0.717) is 18.4 Å². The zero-order valence-corrected chi connectivity index (χ0v) is 12.4. The van der Waals surface area contributed by atoms with Crippen molar-refractivity contribution in [1.82, 2.24) is 10.2 Å². The SMILES string of the molecule is O=C(NC1CCS(=O)(=O)C1)N(CC1CCOC1)C1CC1. The van der Waals surface area contributed by atoms with Gasteiger partial charge < -0.3 is 15.0 Å². The number of amides is 2. The molecule has 1 saturated carbocycles. The first-order valence-corrected chi connectivity index (χ1v) is 9.21. The van der Waals surface area contributed by atoms with Gasteiger partial charge >= 0.3 is 6.03 Å². The molecule has 2 amide bonds. The first-order chi connectivity index (χ1) is 9.53. The molecule has 3 fully saturated rings. The number of ether oxygens (including phenoxy) is 1. The number of carbonyl (C=O) groups excluding carboxylic acids is 1. The Morgan fingerprint density at radius 1 is 1.25 bits per heavy atom. The van der Waals surface area contributed by atoms with Crippen LogP contribution in [0.1, 0.15) is 25.7 Å². The lowest BCUT2D eigenvalue weighted by molar-refractivity contribution is 0.161. The van der Waals surface area contributed by atoms with Crippen molar-refractivity contribution in [2.75, 3.05) is 31.3 Å². The van der Waals surface area contributed by atoms with Gasteiger partial charge in [0.1, 0.15) is 0 Å². The van der Waals surface area contributed by atoms with E-state index < -0.39 is 9.84 Å². The van der Waals surface area contributed by atoms with E-state index in [1.54, 1.807) is 0 Å². The molecule has 6 nitrogen and oxygen atoms in total.